The molecule has 0 heterocycles. The monoisotopic (exact) mass is 411 g/mol. The average Bonchev–Trinajstić information content (AvgIpc) is 2.68. The van der Waals surface area contributed by atoms with Crippen molar-refractivity contribution in [3.8, 4) is 5.75 Å². The number of hydrogen-bond acceptors (Lipinski definition) is 5. The van der Waals surface area contributed by atoms with Crippen LogP contribution in [0.2, 0.25) is 0 Å². The highest BCUT2D eigenvalue weighted by Crippen LogP contribution is 2.22. The summed E-state index contributed by atoms with van der Waals surface area (Å²) in [6.45, 7) is 9.73. The van der Waals surface area contributed by atoms with E-state index in [2.05, 4.69) is 26.1 Å². The Balaban J connectivity index is 1.73. The Morgan fingerprint density at radius 1 is 0.967 bits per heavy atom. The average molecular weight is 411 g/mol. The van der Waals surface area contributed by atoms with Crippen molar-refractivity contribution in [3.63, 3.8) is 0 Å². The van der Waals surface area contributed by atoms with Crippen molar-refractivity contribution in [3.05, 3.63) is 64.7 Å². The van der Waals surface area contributed by atoms with Crippen molar-refractivity contribution < 1.29 is 23.9 Å². The summed E-state index contributed by atoms with van der Waals surface area (Å²) in [6.07, 6.45) is 0.00285. The molecule has 160 valence electrons. The van der Waals surface area contributed by atoms with Crippen LogP contribution in [0.5, 0.6) is 5.75 Å². The normalized spacial score (nSPS) is 11.0. The van der Waals surface area contributed by atoms with E-state index >= 15 is 0 Å². The van der Waals surface area contributed by atoms with Gasteiger partial charge in [-0.05, 0) is 54.2 Å². The maximum atomic E-state index is 12.2. The van der Waals surface area contributed by atoms with Crippen molar-refractivity contribution in [2.24, 2.45) is 0 Å². The van der Waals surface area contributed by atoms with Gasteiger partial charge in [0.25, 0.3) is 11.8 Å². The van der Waals surface area contributed by atoms with Gasteiger partial charge < -0.3 is 9.47 Å². The molecule has 0 radical (unpaired) electrons. The summed E-state index contributed by atoms with van der Waals surface area (Å²) in [5, 5.41) is 2.22. The van der Waals surface area contributed by atoms with Crippen molar-refractivity contribution in [1.82, 2.24) is 5.32 Å². The molecule has 0 bridgehead atoms. The molecule has 2 aromatic carbocycles. The maximum Gasteiger partial charge on any atom is 0.309 e. The number of benzene rings is 2. The van der Waals surface area contributed by atoms with Gasteiger partial charge in [-0.15, -0.1) is 0 Å². The van der Waals surface area contributed by atoms with E-state index in [9.17, 15) is 14.4 Å². The number of carbonyl (C=O) groups excluding carboxylic acids is 3. The molecule has 0 aromatic heterocycles. The number of imide groups is 1. The van der Waals surface area contributed by atoms with Crippen LogP contribution in [0.1, 0.15) is 54.2 Å². The molecule has 2 aromatic rings. The number of carbonyl (C=O) groups is 3. The van der Waals surface area contributed by atoms with E-state index in [1.807, 2.05) is 44.2 Å². The lowest BCUT2D eigenvalue weighted by Gasteiger charge is -2.19. The van der Waals surface area contributed by atoms with Crippen LogP contribution in [0.3, 0.4) is 0 Å². The fourth-order valence-corrected chi connectivity index (χ4v) is 2.68. The number of aryl methyl sites for hydroxylation is 2. The van der Waals surface area contributed by atoms with Gasteiger partial charge in [0.2, 0.25) is 0 Å². The predicted molar refractivity (Wildman–Crippen MR) is 115 cm³/mol. The molecular formula is C24H29NO5. The van der Waals surface area contributed by atoms with Gasteiger partial charge in [0.1, 0.15) is 5.75 Å². The van der Waals surface area contributed by atoms with Crippen molar-refractivity contribution in [2.45, 2.75) is 46.5 Å². The zero-order chi connectivity index (χ0) is 22.3. The number of rotatable bonds is 7. The third kappa shape index (κ3) is 7.03. The minimum Gasteiger partial charge on any atom is -0.493 e. The smallest absolute Gasteiger partial charge is 0.309 e. The van der Waals surface area contributed by atoms with Gasteiger partial charge in [-0.3, -0.25) is 19.7 Å². The van der Waals surface area contributed by atoms with Gasteiger partial charge in [0, 0.05) is 5.56 Å². The highest BCUT2D eigenvalue weighted by atomic mass is 16.5. The van der Waals surface area contributed by atoms with Crippen LogP contribution in [0, 0.1) is 13.8 Å². The molecule has 2 rings (SSSR count). The Labute approximate surface area is 177 Å². The second-order valence-electron chi connectivity index (χ2n) is 8.23. The minimum atomic E-state index is -0.677. The van der Waals surface area contributed by atoms with E-state index in [0.717, 1.165) is 16.7 Å². The minimum absolute atomic E-state index is 0.00285. The van der Waals surface area contributed by atoms with Gasteiger partial charge in [-0.2, -0.15) is 0 Å². The Kier molecular flexibility index (Phi) is 7.75. The zero-order valence-corrected chi connectivity index (χ0v) is 18.2. The fraction of sp³-hybridized carbons (Fsp3) is 0.375. The quantitative estimate of drug-likeness (QED) is 0.700. The molecular weight excluding hydrogens is 382 g/mol. The first-order chi connectivity index (χ1) is 14.1. The molecule has 6 nitrogen and oxygen atoms in total. The van der Waals surface area contributed by atoms with E-state index in [1.54, 1.807) is 12.1 Å². The molecule has 1 N–H and O–H groups in total. The van der Waals surface area contributed by atoms with Crippen molar-refractivity contribution in [1.29, 1.82) is 0 Å². The maximum absolute atomic E-state index is 12.2. The van der Waals surface area contributed by atoms with Gasteiger partial charge in [0.05, 0.1) is 13.0 Å². The van der Waals surface area contributed by atoms with Crippen LogP contribution in [-0.2, 0) is 19.7 Å². The molecule has 30 heavy (non-hydrogen) atoms. The molecule has 0 saturated heterocycles. The summed E-state index contributed by atoms with van der Waals surface area (Å²) in [4.78, 5) is 35.9. The van der Waals surface area contributed by atoms with E-state index in [4.69, 9.17) is 9.47 Å². The Morgan fingerprint density at radius 3 is 2.27 bits per heavy atom. The lowest BCUT2D eigenvalue weighted by atomic mass is 9.87. The van der Waals surface area contributed by atoms with Crippen LogP contribution >= 0.6 is 0 Å². The third-order valence-corrected chi connectivity index (χ3v) is 4.54. The van der Waals surface area contributed by atoms with E-state index in [-0.39, 0.29) is 18.4 Å². The summed E-state index contributed by atoms with van der Waals surface area (Å²) in [7, 11) is 0. The zero-order valence-electron chi connectivity index (χ0n) is 18.2. The molecule has 0 unspecified atom stereocenters. The van der Waals surface area contributed by atoms with Crippen LogP contribution in [0.15, 0.2) is 42.5 Å². The first-order valence-corrected chi connectivity index (χ1v) is 9.86. The third-order valence-electron chi connectivity index (χ3n) is 4.54. The predicted octanol–water partition coefficient (Wildman–Crippen LogP) is 3.87. The van der Waals surface area contributed by atoms with Crippen LogP contribution in [0.4, 0.5) is 0 Å². The molecule has 0 saturated carbocycles. The lowest BCUT2D eigenvalue weighted by Crippen LogP contribution is -2.34. The Bertz CT molecular complexity index is 910. The second-order valence-corrected chi connectivity index (χ2v) is 8.23. The van der Waals surface area contributed by atoms with E-state index < -0.39 is 24.4 Å². The topological polar surface area (TPSA) is 81.7 Å². The van der Waals surface area contributed by atoms with E-state index in [1.165, 1.54) is 0 Å². The Morgan fingerprint density at radius 2 is 1.63 bits per heavy atom. The van der Waals surface area contributed by atoms with Crippen LogP contribution in [-0.4, -0.2) is 31.0 Å². The van der Waals surface area contributed by atoms with Crippen molar-refractivity contribution in [2.75, 3.05) is 13.2 Å². The molecule has 0 spiro atoms. The van der Waals surface area contributed by atoms with Gasteiger partial charge in [-0.25, -0.2) is 0 Å². The summed E-state index contributed by atoms with van der Waals surface area (Å²) in [6, 6.07) is 12.9. The van der Waals surface area contributed by atoms with Gasteiger partial charge in [-0.1, -0.05) is 45.0 Å². The molecule has 0 atom stereocenters. The lowest BCUT2D eigenvalue weighted by molar-refractivity contribution is -0.148. The highest BCUT2D eigenvalue weighted by Gasteiger charge is 2.16. The van der Waals surface area contributed by atoms with Gasteiger partial charge in [0.15, 0.2) is 6.61 Å². The van der Waals surface area contributed by atoms with E-state index in [0.29, 0.717) is 11.3 Å². The Hall–Kier alpha value is -3.15. The number of nitrogens with one attached hydrogen (secondary N) is 1. The van der Waals surface area contributed by atoms with Crippen molar-refractivity contribution >= 4 is 17.8 Å². The summed E-state index contributed by atoms with van der Waals surface area (Å²) in [5.74, 6) is -1.07. The number of esters is 1. The molecule has 6 heteroatoms. The second kappa shape index (κ2) is 10.1. The summed E-state index contributed by atoms with van der Waals surface area (Å²) in [5.41, 5.74) is 3.46. The number of amides is 2. The first kappa shape index (κ1) is 23.1. The largest absolute Gasteiger partial charge is 0.493 e. The molecule has 2 amide bonds. The summed E-state index contributed by atoms with van der Waals surface area (Å²) >= 11 is 0. The molecule has 0 fully saturated rings. The number of hydrogen-bond donors (Lipinski definition) is 1. The standard InChI is InChI=1S/C24H29NO5/c1-16-6-7-17(2)20(14-16)29-13-12-22(27)30-15-21(26)25-23(28)18-8-10-19(11-9-18)24(3,4)5/h6-11,14H,12-13,15H2,1-5H3,(H,25,26,28). The highest BCUT2D eigenvalue weighted by molar-refractivity contribution is 6.05. The fourth-order valence-electron chi connectivity index (χ4n) is 2.68. The SMILES string of the molecule is Cc1ccc(C)c(OCCC(=O)OCC(=O)NC(=O)c2ccc(C(C)(C)C)cc2)c1. The van der Waals surface area contributed by atoms with Crippen LogP contribution in [0.25, 0.3) is 0 Å². The van der Waals surface area contributed by atoms with Crippen LogP contribution < -0.4 is 10.1 Å². The van der Waals surface area contributed by atoms with Gasteiger partial charge >= 0.3 is 5.97 Å². The number of ether oxygens (including phenoxy) is 2. The molecule has 0 aliphatic carbocycles. The first-order valence-electron chi connectivity index (χ1n) is 9.86. The molecule has 0 aliphatic heterocycles. The molecule has 0 aliphatic rings. The summed E-state index contributed by atoms with van der Waals surface area (Å²) < 4.78 is 10.5.